The van der Waals surface area contributed by atoms with E-state index in [4.69, 9.17) is 16.3 Å². The van der Waals surface area contributed by atoms with Crippen LogP contribution in [0.3, 0.4) is 0 Å². The summed E-state index contributed by atoms with van der Waals surface area (Å²) in [5, 5.41) is 2.14. The molecule has 1 amide bonds. The second kappa shape index (κ2) is 7.71. The number of carbonyl (C=O) groups is 1. The molecule has 116 valence electrons. The van der Waals surface area contributed by atoms with Crippen molar-refractivity contribution in [2.45, 2.75) is 20.0 Å². The molecular weight excluding hydrogens is 300 g/mol. The van der Waals surface area contributed by atoms with Gasteiger partial charge in [0.15, 0.2) is 0 Å². The van der Waals surface area contributed by atoms with Gasteiger partial charge >= 0.3 is 0 Å². The Balaban J connectivity index is 2.01. The van der Waals surface area contributed by atoms with Crippen molar-refractivity contribution in [3.63, 3.8) is 0 Å². The van der Waals surface area contributed by atoms with Gasteiger partial charge in [-0.1, -0.05) is 48.9 Å². The van der Waals surface area contributed by atoms with Crippen molar-refractivity contribution in [2.24, 2.45) is 0 Å². The molecule has 0 fully saturated rings. The average molecular weight is 319 g/mol. The highest BCUT2D eigenvalue weighted by Gasteiger charge is 2.08. The van der Waals surface area contributed by atoms with Crippen molar-refractivity contribution in [3.05, 3.63) is 59.1 Å². The van der Waals surface area contributed by atoms with Crippen LogP contribution < -0.4 is 15.2 Å². The number of amides is 1. The molecule has 0 saturated carbocycles. The molecular formula is C17H19ClN2O2. The molecule has 0 atom stereocenters. The van der Waals surface area contributed by atoms with Crippen LogP contribution in [-0.4, -0.2) is 13.0 Å². The highest BCUT2D eigenvalue weighted by molar-refractivity contribution is 6.32. The molecule has 0 saturated heterocycles. The lowest BCUT2D eigenvalue weighted by Gasteiger charge is -2.20. The van der Waals surface area contributed by atoms with Crippen molar-refractivity contribution in [1.29, 1.82) is 0 Å². The Kier molecular flexibility index (Phi) is 5.67. The van der Waals surface area contributed by atoms with Gasteiger partial charge < -0.3 is 4.74 Å². The molecule has 2 rings (SSSR count). The fourth-order valence-corrected chi connectivity index (χ4v) is 2.11. The number of benzene rings is 2. The van der Waals surface area contributed by atoms with Gasteiger partial charge in [0, 0.05) is 13.5 Å². The molecule has 0 radical (unpaired) electrons. The Morgan fingerprint density at radius 1 is 1.23 bits per heavy atom. The third-order valence-electron chi connectivity index (χ3n) is 3.15. The van der Waals surface area contributed by atoms with Crippen molar-refractivity contribution in [3.8, 4) is 5.75 Å². The summed E-state index contributed by atoms with van der Waals surface area (Å²) in [6.45, 7) is 2.26. The predicted octanol–water partition coefficient (Wildman–Crippen LogP) is 3.80. The number of hydrogen-bond acceptors (Lipinski definition) is 3. The van der Waals surface area contributed by atoms with Crippen molar-refractivity contribution in [1.82, 2.24) is 5.43 Å². The van der Waals surface area contributed by atoms with Gasteiger partial charge in [-0.15, -0.1) is 0 Å². The van der Waals surface area contributed by atoms with Crippen LogP contribution in [0.5, 0.6) is 5.75 Å². The standard InChI is InChI=1S/C17H19ClN2O2/c1-3-17(21)19-20(2)14-9-10-16(15(18)11-14)22-12-13-7-5-4-6-8-13/h4-11H,3,12H2,1-2H3,(H,19,21). The lowest BCUT2D eigenvalue weighted by molar-refractivity contribution is -0.120. The smallest absolute Gasteiger partial charge is 0.238 e. The number of hydrogen-bond donors (Lipinski definition) is 1. The second-order valence-corrected chi connectivity index (χ2v) is 5.24. The van der Waals surface area contributed by atoms with Gasteiger partial charge in [-0.25, -0.2) is 0 Å². The molecule has 0 aliphatic rings. The van der Waals surface area contributed by atoms with Crippen LogP contribution in [0.2, 0.25) is 5.02 Å². The Morgan fingerprint density at radius 2 is 1.95 bits per heavy atom. The molecule has 0 aromatic heterocycles. The molecule has 2 aromatic carbocycles. The normalized spacial score (nSPS) is 10.1. The fraction of sp³-hybridized carbons (Fsp3) is 0.235. The minimum Gasteiger partial charge on any atom is -0.487 e. The Hall–Kier alpha value is -2.20. The summed E-state index contributed by atoms with van der Waals surface area (Å²) in [4.78, 5) is 11.4. The zero-order chi connectivity index (χ0) is 15.9. The predicted molar refractivity (Wildman–Crippen MR) is 89.1 cm³/mol. The van der Waals surface area contributed by atoms with Crippen LogP contribution in [0.4, 0.5) is 5.69 Å². The van der Waals surface area contributed by atoms with Crippen LogP contribution >= 0.6 is 11.6 Å². The van der Waals surface area contributed by atoms with Gasteiger partial charge in [0.2, 0.25) is 5.91 Å². The number of rotatable bonds is 6. The maximum absolute atomic E-state index is 11.4. The number of nitrogens with zero attached hydrogens (tertiary/aromatic N) is 1. The third-order valence-corrected chi connectivity index (χ3v) is 3.45. The zero-order valence-corrected chi connectivity index (χ0v) is 13.4. The van der Waals surface area contributed by atoms with Crippen LogP contribution in [0.15, 0.2) is 48.5 Å². The number of anilines is 1. The van der Waals surface area contributed by atoms with E-state index in [0.717, 1.165) is 11.3 Å². The van der Waals surface area contributed by atoms with E-state index < -0.39 is 0 Å². The van der Waals surface area contributed by atoms with Gasteiger partial charge in [0.25, 0.3) is 0 Å². The Labute approximate surface area is 135 Å². The van der Waals surface area contributed by atoms with Gasteiger partial charge in [-0.05, 0) is 23.8 Å². The van der Waals surface area contributed by atoms with E-state index in [2.05, 4.69) is 5.43 Å². The van der Waals surface area contributed by atoms with E-state index in [1.807, 2.05) is 36.4 Å². The lowest BCUT2D eigenvalue weighted by Crippen LogP contribution is -2.38. The topological polar surface area (TPSA) is 41.6 Å². The summed E-state index contributed by atoms with van der Waals surface area (Å²) >= 11 is 6.25. The quantitative estimate of drug-likeness (QED) is 0.824. The number of nitrogens with one attached hydrogen (secondary N) is 1. The molecule has 22 heavy (non-hydrogen) atoms. The van der Waals surface area contributed by atoms with E-state index >= 15 is 0 Å². The summed E-state index contributed by atoms with van der Waals surface area (Å²) in [6, 6.07) is 15.3. The minimum absolute atomic E-state index is 0.0528. The molecule has 0 bridgehead atoms. The van der Waals surface area contributed by atoms with Crippen LogP contribution in [-0.2, 0) is 11.4 Å². The molecule has 2 aromatic rings. The van der Waals surface area contributed by atoms with Crippen LogP contribution in [0.1, 0.15) is 18.9 Å². The highest BCUT2D eigenvalue weighted by atomic mass is 35.5. The monoisotopic (exact) mass is 318 g/mol. The first-order chi connectivity index (χ1) is 10.6. The van der Waals surface area contributed by atoms with Gasteiger partial charge in [-0.3, -0.25) is 15.2 Å². The van der Waals surface area contributed by atoms with E-state index in [9.17, 15) is 4.79 Å². The first-order valence-electron chi connectivity index (χ1n) is 7.09. The third kappa shape index (κ3) is 4.40. The maximum atomic E-state index is 11.4. The lowest BCUT2D eigenvalue weighted by atomic mass is 10.2. The number of ether oxygens (including phenoxy) is 1. The van der Waals surface area contributed by atoms with Crippen LogP contribution in [0, 0.1) is 0 Å². The zero-order valence-electron chi connectivity index (χ0n) is 12.7. The van der Waals surface area contributed by atoms with Crippen molar-refractivity contribution in [2.75, 3.05) is 12.1 Å². The molecule has 1 N–H and O–H groups in total. The van der Waals surface area contributed by atoms with Gasteiger partial charge in [-0.2, -0.15) is 0 Å². The highest BCUT2D eigenvalue weighted by Crippen LogP contribution is 2.29. The molecule has 0 spiro atoms. The SMILES string of the molecule is CCC(=O)NN(C)c1ccc(OCc2ccccc2)c(Cl)c1. The fourth-order valence-electron chi connectivity index (χ4n) is 1.88. The van der Waals surface area contributed by atoms with E-state index in [0.29, 0.717) is 23.8 Å². The van der Waals surface area contributed by atoms with E-state index in [-0.39, 0.29) is 5.91 Å². The second-order valence-electron chi connectivity index (χ2n) is 4.84. The summed E-state index contributed by atoms with van der Waals surface area (Å²) < 4.78 is 5.72. The average Bonchev–Trinajstić information content (AvgIpc) is 2.54. The number of hydrazine groups is 1. The van der Waals surface area contributed by atoms with E-state index in [1.165, 1.54) is 0 Å². The number of carbonyl (C=O) groups excluding carboxylic acids is 1. The van der Waals surface area contributed by atoms with Crippen molar-refractivity contribution < 1.29 is 9.53 Å². The summed E-state index contributed by atoms with van der Waals surface area (Å²) in [5.74, 6) is 0.563. The van der Waals surface area contributed by atoms with Gasteiger partial charge in [0.1, 0.15) is 12.4 Å². The summed E-state index contributed by atoms with van der Waals surface area (Å²) in [5.41, 5.74) is 4.61. The molecule has 0 heterocycles. The summed E-state index contributed by atoms with van der Waals surface area (Å²) in [6.07, 6.45) is 0.427. The molecule has 4 nitrogen and oxygen atoms in total. The largest absolute Gasteiger partial charge is 0.487 e. The molecule has 0 unspecified atom stereocenters. The summed E-state index contributed by atoms with van der Waals surface area (Å²) in [7, 11) is 1.77. The molecule has 5 heteroatoms. The Morgan fingerprint density at radius 3 is 2.59 bits per heavy atom. The molecule has 0 aliphatic heterocycles. The Bertz CT molecular complexity index is 632. The van der Waals surface area contributed by atoms with Crippen LogP contribution in [0.25, 0.3) is 0 Å². The van der Waals surface area contributed by atoms with E-state index in [1.54, 1.807) is 31.1 Å². The first-order valence-corrected chi connectivity index (χ1v) is 7.47. The van der Waals surface area contributed by atoms with Gasteiger partial charge in [0.05, 0.1) is 10.7 Å². The maximum Gasteiger partial charge on any atom is 0.238 e. The first kappa shape index (κ1) is 16.2. The molecule has 0 aliphatic carbocycles. The van der Waals surface area contributed by atoms with Crippen molar-refractivity contribution >= 4 is 23.2 Å². The minimum atomic E-state index is -0.0528. The number of halogens is 1.